The third-order valence-electron chi connectivity index (χ3n) is 5.72. The minimum absolute atomic E-state index is 0.143. The van der Waals surface area contributed by atoms with Gasteiger partial charge in [-0.05, 0) is 60.9 Å². The molecule has 0 aromatic heterocycles. The zero-order valence-corrected chi connectivity index (χ0v) is 19.3. The predicted octanol–water partition coefficient (Wildman–Crippen LogP) is 4.24. The molecule has 1 heterocycles. The van der Waals surface area contributed by atoms with Gasteiger partial charge in [0.1, 0.15) is 11.5 Å². The third-order valence-corrected chi connectivity index (χ3v) is 5.72. The van der Waals surface area contributed by atoms with Gasteiger partial charge in [0.25, 0.3) is 11.8 Å². The molecule has 0 saturated carbocycles. The maximum Gasteiger partial charge on any atom is 0.262 e. The van der Waals surface area contributed by atoms with Crippen LogP contribution in [0.5, 0.6) is 11.5 Å². The van der Waals surface area contributed by atoms with Crippen LogP contribution in [0.3, 0.4) is 0 Å². The Morgan fingerprint density at radius 2 is 1.68 bits per heavy atom. The standard InChI is InChI=1S/C27H29N3O4/c1-33-24-9-6-8-22(17-24)29-26(31)19-34-23-13-11-20(12-14-23)27(32)28-18-21-7-2-3-10-25(21)30-15-4-5-16-30/h2-3,6-14,17H,4-5,15-16,18-19H2,1H3,(H,28,32)(H,29,31). The Balaban J connectivity index is 1.27. The first kappa shape index (κ1) is 23.2. The van der Waals surface area contributed by atoms with Crippen LogP contribution in [0, 0.1) is 0 Å². The number of para-hydroxylation sites is 1. The van der Waals surface area contributed by atoms with Gasteiger partial charge in [-0.2, -0.15) is 0 Å². The van der Waals surface area contributed by atoms with Gasteiger partial charge >= 0.3 is 0 Å². The summed E-state index contributed by atoms with van der Waals surface area (Å²) in [6.45, 7) is 2.44. The van der Waals surface area contributed by atoms with Gasteiger partial charge in [0.2, 0.25) is 0 Å². The Hall–Kier alpha value is -4.00. The highest BCUT2D eigenvalue weighted by Gasteiger charge is 2.16. The lowest BCUT2D eigenvalue weighted by Gasteiger charge is -2.21. The van der Waals surface area contributed by atoms with Gasteiger partial charge < -0.3 is 25.0 Å². The number of carbonyl (C=O) groups is 2. The molecule has 3 aromatic carbocycles. The summed E-state index contributed by atoms with van der Waals surface area (Å²) in [5.74, 6) is 0.731. The molecule has 0 radical (unpaired) electrons. The van der Waals surface area contributed by atoms with E-state index in [1.807, 2.05) is 12.1 Å². The molecule has 34 heavy (non-hydrogen) atoms. The van der Waals surface area contributed by atoms with Crippen LogP contribution in [-0.2, 0) is 11.3 Å². The number of anilines is 2. The summed E-state index contributed by atoms with van der Waals surface area (Å²) in [6, 6.07) is 22.1. The highest BCUT2D eigenvalue weighted by molar-refractivity contribution is 5.94. The number of ether oxygens (including phenoxy) is 2. The number of nitrogens with zero attached hydrogens (tertiary/aromatic N) is 1. The van der Waals surface area contributed by atoms with Crippen molar-refractivity contribution in [3.63, 3.8) is 0 Å². The van der Waals surface area contributed by atoms with E-state index in [1.165, 1.54) is 18.5 Å². The number of benzene rings is 3. The van der Waals surface area contributed by atoms with E-state index in [2.05, 4.69) is 27.7 Å². The Bertz CT molecular complexity index is 1120. The summed E-state index contributed by atoms with van der Waals surface area (Å²) in [6.07, 6.45) is 2.41. The van der Waals surface area contributed by atoms with E-state index >= 15 is 0 Å². The van der Waals surface area contributed by atoms with Crippen LogP contribution >= 0.6 is 0 Å². The molecule has 4 rings (SSSR count). The van der Waals surface area contributed by atoms with Crippen LogP contribution in [0.15, 0.2) is 72.8 Å². The van der Waals surface area contributed by atoms with Crippen molar-refractivity contribution in [2.45, 2.75) is 19.4 Å². The van der Waals surface area contributed by atoms with Crippen LogP contribution in [0.25, 0.3) is 0 Å². The van der Waals surface area contributed by atoms with Gasteiger partial charge in [-0.25, -0.2) is 0 Å². The molecule has 7 heteroatoms. The van der Waals surface area contributed by atoms with Crippen molar-refractivity contribution in [1.29, 1.82) is 0 Å². The summed E-state index contributed by atoms with van der Waals surface area (Å²) >= 11 is 0. The van der Waals surface area contributed by atoms with E-state index in [4.69, 9.17) is 9.47 Å². The molecule has 2 N–H and O–H groups in total. The zero-order chi connectivity index (χ0) is 23.8. The fourth-order valence-electron chi connectivity index (χ4n) is 3.95. The number of nitrogens with one attached hydrogen (secondary N) is 2. The predicted molar refractivity (Wildman–Crippen MR) is 133 cm³/mol. The van der Waals surface area contributed by atoms with E-state index in [9.17, 15) is 9.59 Å². The maximum absolute atomic E-state index is 12.6. The van der Waals surface area contributed by atoms with Crippen molar-refractivity contribution in [2.75, 3.05) is 37.0 Å². The SMILES string of the molecule is COc1cccc(NC(=O)COc2ccc(C(=O)NCc3ccccc3N3CCCC3)cc2)c1. The van der Waals surface area contributed by atoms with E-state index in [-0.39, 0.29) is 18.4 Å². The molecule has 176 valence electrons. The molecule has 7 nitrogen and oxygen atoms in total. The van der Waals surface area contributed by atoms with Gasteiger partial charge in [0, 0.05) is 42.6 Å². The van der Waals surface area contributed by atoms with E-state index in [1.54, 1.807) is 55.6 Å². The van der Waals surface area contributed by atoms with Crippen LogP contribution in [-0.4, -0.2) is 38.6 Å². The van der Waals surface area contributed by atoms with Crippen molar-refractivity contribution in [3.8, 4) is 11.5 Å². The second-order valence-electron chi connectivity index (χ2n) is 8.10. The highest BCUT2D eigenvalue weighted by Crippen LogP contribution is 2.24. The lowest BCUT2D eigenvalue weighted by atomic mass is 10.1. The minimum atomic E-state index is -0.285. The smallest absolute Gasteiger partial charge is 0.262 e. The zero-order valence-electron chi connectivity index (χ0n) is 19.3. The third kappa shape index (κ3) is 6.07. The molecular weight excluding hydrogens is 430 g/mol. The quantitative estimate of drug-likeness (QED) is 0.500. The Morgan fingerprint density at radius 1 is 0.912 bits per heavy atom. The van der Waals surface area contributed by atoms with E-state index in [0.717, 1.165) is 18.7 Å². The first-order valence-electron chi connectivity index (χ1n) is 11.4. The number of hydrogen-bond donors (Lipinski definition) is 2. The topological polar surface area (TPSA) is 79.9 Å². The molecule has 2 amide bonds. The molecule has 3 aromatic rings. The number of carbonyl (C=O) groups excluding carboxylic acids is 2. The van der Waals surface area contributed by atoms with Crippen molar-refractivity contribution < 1.29 is 19.1 Å². The molecule has 1 fully saturated rings. The summed E-state index contributed by atoms with van der Waals surface area (Å²) in [7, 11) is 1.57. The van der Waals surface area contributed by atoms with Gasteiger partial charge in [-0.3, -0.25) is 9.59 Å². The normalized spacial score (nSPS) is 12.8. The van der Waals surface area contributed by atoms with Crippen molar-refractivity contribution in [3.05, 3.63) is 83.9 Å². The first-order chi connectivity index (χ1) is 16.6. The highest BCUT2D eigenvalue weighted by atomic mass is 16.5. The molecule has 0 spiro atoms. The van der Waals surface area contributed by atoms with Crippen molar-refractivity contribution in [2.24, 2.45) is 0 Å². The molecule has 0 bridgehead atoms. The van der Waals surface area contributed by atoms with Crippen LogP contribution in [0.1, 0.15) is 28.8 Å². The number of methoxy groups -OCH3 is 1. The summed E-state index contributed by atoms with van der Waals surface area (Å²) in [5, 5.41) is 5.77. The van der Waals surface area contributed by atoms with Crippen molar-refractivity contribution in [1.82, 2.24) is 5.32 Å². The fourth-order valence-corrected chi connectivity index (χ4v) is 3.95. The maximum atomic E-state index is 12.6. The summed E-state index contributed by atoms with van der Waals surface area (Å²) < 4.78 is 10.7. The lowest BCUT2D eigenvalue weighted by molar-refractivity contribution is -0.118. The van der Waals surface area contributed by atoms with Crippen LogP contribution in [0.4, 0.5) is 11.4 Å². The van der Waals surface area contributed by atoms with Crippen molar-refractivity contribution >= 4 is 23.2 Å². The number of hydrogen-bond acceptors (Lipinski definition) is 5. The largest absolute Gasteiger partial charge is 0.497 e. The summed E-state index contributed by atoms with van der Waals surface area (Å²) in [4.78, 5) is 27.2. The second-order valence-corrected chi connectivity index (χ2v) is 8.10. The van der Waals surface area contributed by atoms with Gasteiger partial charge in [0.15, 0.2) is 6.61 Å². The number of rotatable bonds is 9. The molecule has 0 aliphatic carbocycles. The average Bonchev–Trinajstić information content (AvgIpc) is 3.41. The summed E-state index contributed by atoms with van der Waals surface area (Å²) in [5.41, 5.74) is 3.47. The second kappa shape index (κ2) is 11.2. The molecule has 1 saturated heterocycles. The van der Waals surface area contributed by atoms with Gasteiger partial charge in [0.05, 0.1) is 7.11 Å². The van der Waals surface area contributed by atoms with E-state index in [0.29, 0.717) is 29.3 Å². The molecule has 0 atom stereocenters. The van der Waals surface area contributed by atoms with Crippen LogP contribution in [0.2, 0.25) is 0 Å². The fraction of sp³-hybridized carbons (Fsp3) is 0.259. The molecule has 0 unspecified atom stereocenters. The molecular formula is C27H29N3O4. The Kier molecular flexibility index (Phi) is 7.65. The lowest BCUT2D eigenvalue weighted by Crippen LogP contribution is -2.25. The monoisotopic (exact) mass is 459 g/mol. The average molecular weight is 460 g/mol. The Morgan fingerprint density at radius 3 is 2.44 bits per heavy atom. The minimum Gasteiger partial charge on any atom is -0.497 e. The van der Waals surface area contributed by atoms with Crippen LogP contribution < -0.4 is 25.0 Å². The number of amides is 2. The Labute approximate surface area is 199 Å². The molecule has 1 aliphatic rings. The molecule has 1 aliphatic heterocycles. The van der Waals surface area contributed by atoms with Gasteiger partial charge in [-0.15, -0.1) is 0 Å². The van der Waals surface area contributed by atoms with E-state index < -0.39 is 0 Å². The van der Waals surface area contributed by atoms with Gasteiger partial charge in [-0.1, -0.05) is 24.3 Å². The first-order valence-corrected chi connectivity index (χ1v) is 11.4.